The monoisotopic (exact) mass is 385 g/mol. The van der Waals surface area contributed by atoms with Crippen LogP contribution in [0.1, 0.15) is 6.42 Å². The van der Waals surface area contributed by atoms with Gasteiger partial charge in [0.1, 0.15) is 16.8 Å². The first kappa shape index (κ1) is 19.3. The van der Waals surface area contributed by atoms with Gasteiger partial charge in [-0.3, -0.25) is 10.3 Å². The number of hydrogen-bond donors (Lipinski definition) is 1. The van der Waals surface area contributed by atoms with Crippen LogP contribution < -0.4 is 15.0 Å². The van der Waals surface area contributed by atoms with Gasteiger partial charge in [0.15, 0.2) is 5.75 Å². The third-order valence-corrected chi connectivity index (χ3v) is 3.16. The van der Waals surface area contributed by atoms with Crippen molar-refractivity contribution in [1.29, 1.82) is 0 Å². The first-order valence-electron chi connectivity index (χ1n) is 6.24. The van der Waals surface area contributed by atoms with Crippen LogP contribution in [0.3, 0.4) is 0 Å². The van der Waals surface area contributed by atoms with Gasteiger partial charge in [0.05, 0.1) is 23.8 Å². The van der Waals surface area contributed by atoms with Crippen molar-refractivity contribution in [2.75, 3.05) is 20.3 Å². The zero-order chi connectivity index (χ0) is 16.4. The molecule has 0 fully saturated rings. The fourth-order valence-electron chi connectivity index (χ4n) is 1.39. The molecule has 0 unspecified atom stereocenters. The predicted molar refractivity (Wildman–Crippen MR) is 91.1 cm³/mol. The summed E-state index contributed by atoms with van der Waals surface area (Å²) in [7, 11) is 1.53. The first-order valence-corrected chi connectivity index (χ1v) is 7.75. The van der Waals surface area contributed by atoms with Crippen LogP contribution in [-0.4, -0.2) is 20.3 Å². The minimum Gasteiger partial charge on any atom is -0.490 e. The van der Waals surface area contributed by atoms with Crippen molar-refractivity contribution in [1.82, 2.24) is 5.48 Å². The Morgan fingerprint density at radius 1 is 1.18 bits per heavy atom. The Labute approximate surface area is 149 Å². The zero-order valence-corrected chi connectivity index (χ0v) is 14.8. The summed E-state index contributed by atoms with van der Waals surface area (Å²) >= 11 is 23.2. The van der Waals surface area contributed by atoms with E-state index in [-0.39, 0.29) is 11.1 Å². The average Bonchev–Trinajstić information content (AvgIpc) is 2.44. The predicted octanol–water partition coefficient (Wildman–Crippen LogP) is 5.12. The molecule has 1 rings (SSSR count). The van der Waals surface area contributed by atoms with Crippen molar-refractivity contribution >= 4 is 46.4 Å². The molecule has 0 atom stereocenters. The molecule has 0 bridgehead atoms. The van der Waals surface area contributed by atoms with Crippen LogP contribution in [0.5, 0.6) is 11.5 Å². The number of benzene rings is 1. The average molecular weight is 387 g/mol. The number of hydroxylamine groups is 1. The minimum atomic E-state index is 0.133. The highest BCUT2D eigenvalue weighted by molar-refractivity contribution is 6.55. The molecule has 0 spiro atoms. The Balaban J connectivity index is 2.56. The fraction of sp³-hybridized carbons (Fsp3) is 0.286. The molecule has 0 aliphatic carbocycles. The molecule has 8 heteroatoms. The second-order valence-corrected chi connectivity index (χ2v) is 5.70. The van der Waals surface area contributed by atoms with Gasteiger partial charge in [0.25, 0.3) is 0 Å². The van der Waals surface area contributed by atoms with E-state index >= 15 is 0 Å². The van der Waals surface area contributed by atoms with Crippen LogP contribution in [0.4, 0.5) is 0 Å². The minimum absolute atomic E-state index is 0.133. The SMILES string of the molecule is CONC=CCCOc1c(Cl)cc(OCC=C(Cl)Cl)cc1Cl. The maximum atomic E-state index is 6.13. The number of ether oxygens (including phenoxy) is 2. The number of halogens is 4. The van der Waals surface area contributed by atoms with Crippen molar-refractivity contribution in [3.05, 3.63) is 45.0 Å². The number of rotatable bonds is 9. The summed E-state index contributed by atoms with van der Waals surface area (Å²) in [6.45, 7) is 0.638. The molecular formula is C14H15Cl4NO3. The van der Waals surface area contributed by atoms with Crippen molar-refractivity contribution in [2.45, 2.75) is 6.42 Å². The van der Waals surface area contributed by atoms with Crippen molar-refractivity contribution < 1.29 is 14.3 Å². The van der Waals surface area contributed by atoms with E-state index in [0.29, 0.717) is 34.6 Å². The summed E-state index contributed by atoms with van der Waals surface area (Å²) in [6.07, 6.45) is 5.69. The molecule has 0 saturated heterocycles. The quantitative estimate of drug-likeness (QED) is 0.472. The molecular weight excluding hydrogens is 372 g/mol. The Bertz CT molecular complexity index is 508. The smallest absolute Gasteiger partial charge is 0.156 e. The molecule has 1 aromatic carbocycles. The van der Waals surface area contributed by atoms with Gasteiger partial charge < -0.3 is 9.47 Å². The maximum absolute atomic E-state index is 6.13. The van der Waals surface area contributed by atoms with E-state index in [4.69, 9.17) is 55.9 Å². The maximum Gasteiger partial charge on any atom is 0.156 e. The van der Waals surface area contributed by atoms with Gasteiger partial charge in [-0.2, -0.15) is 0 Å². The van der Waals surface area contributed by atoms with E-state index in [1.807, 2.05) is 6.08 Å². The lowest BCUT2D eigenvalue weighted by Gasteiger charge is -2.11. The summed E-state index contributed by atoms with van der Waals surface area (Å²) < 4.78 is 11.1. The highest BCUT2D eigenvalue weighted by Crippen LogP contribution is 2.37. The summed E-state index contributed by atoms with van der Waals surface area (Å²) in [5.41, 5.74) is 2.58. The van der Waals surface area contributed by atoms with Crippen molar-refractivity contribution in [2.24, 2.45) is 0 Å². The summed E-state index contributed by atoms with van der Waals surface area (Å²) in [5, 5.41) is 0.727. The van der Waals surface area contributed by atoms with E-state index in [0.717, 1.165) is 0 Å². The van der Waals surface area contributed by atoms with Gasteiger partial charge in [0, 0.05) is 24.8 Å². The molecule has 0 saturated carbocycles. The zero-order valence-electron chi connectivity index (χ0n) is 11.7. The van der Waals surface area contributed by atoms with Gasteiger partial charge in [-0.05, 0) is 6.08 Å². The number of nitrogens with one attached hydrogen (secondary N) is 1. The first-order chi connectivity index (χ1) is 10.5. The summed E-state index contributed by atoms with van der Waals surface area (Å²) in [6, 6.07) is 3.22. The lowest BCUT2D eigenvalue weighted by atomic mass is 10.3. The third kappa shape index (κ3) is 7.47. The van der Waals surface area contributed by atoms with Gasteiger partial charge >= 0.3 is 0 Å². The lowest BCUT2D eigenvalue weighted by molar-refractivity contribution is 0.128. The van der Waals surface area contributed by atoms with Crippen molar-refractivity contribution in [3.63, 3.8) is 0 Å². The van der Waals surface area contributed by atoms with Crippen LogP contribution in [0.2, 0.25) is 10.0 Å². The largest absolute Gasteiger partial charge is 0.490 e. The van der Waals surface area contributed by atoms with Gasteiger partial charge in [0.2, 0.25) is 0 Å². The molecule has 0 heterocycles. The standard InChI is InChI=1S/C14H15Cl4NO3/c1-20-19-5-2-3-6-22-14-11(15)8-10(9-12(14)16)21-7-4-13(17)18/h2,4-5,8-9,19H,3,6-7H2,1H3. The Hall–Kier alpha value is -0.780. The van der Waals surface area contributed by atoms with Crippen LogP contribution in [-0.2, 0) is 4.84 Å². The van der Waals surface area contributed by atoms with E-state index in [1.165, 1.54) is 13.2 Å². The third-order valence-electron chi connectivity index (χ3n) is 2.29. The highest BCUT2D eigenvalue weighted by atomic mass is 35.5. The van der Waals surface area contributed by atoms with E-state index < -0.39 is 0 Å². The lowest BCUT2D eigenvalue weighted by Crippen LogP contribution is -2.02. The molecule has 0 amide bonds. The molecule has 22 heavy (non-hydrogen) atoms. The molecule has 122 valence electrons. The van der Waals surface area contributed by atoms with Gasteiger partial charge in [-0.1, -0.05) is 52.5 Å². The van der Waals surface area contributed by atoms with E-state index in [1.54, 1.807) is 18.3 Å². The van der Waals surface area contributed by atoms with E-state index in [2.05, 4.69) is 10.3 Å². The molecule has 0 aliphatic heterocycles. The van der Waals surface area contributed by atoms with Crippen LogP contribution in [0, 0.1) is 0 Å². The molecule has 0 radical (unpaired) electrons. The van der Waals surface area contributed by atoms with Crippen LogP contribution >= 0.6 is 46.4 Å². The number of hydrogen-bond acceptors (Lipinski definition) is 4. The molecule has 4 nitrogen and oxygen atoms in total. The van der Waals surface area contributed by atoms with Crippen LogP contribution in [0.25, 0.3) is 0 Å². The molecule has 0 aliphatic rings. The Morgan fingerprint density at radius 2 is 1.86 bits per heavy atom. The second-order valence-electron chi connectivity index (χ2n) is 3.88. The normalized spacial score (nSPS) is 10.6. The molecule has 1 aromatic rings. The summed E-state index contributed by atoms with van der Waals surface area (Å²) in [4.78, 5) is 4.65. The molecule has 1 N–H and O–H groups in total. The van der Waals surface area contributed by atoms with Crippen LogP contribution in [0.15, 0.2) is 35.0 Å². The molecule has 0 aromatic heterocycles. The van der Waals surface area contributed by atoms with Gasteiger partial charge in [-0.15, -0.1) is 0 Å². The summed E-state index contributed by atoms with van der Waals surface area (Å²) in [5.74, 6) is 0.909. The highest BCUT2D eigenvalue weighted by Gasteiger charge is 2.10. The topological polar surface area (TPSA) is 39.7 Å². The second kappa shape index (κ2) is 10.9. The Kier molecular flexibility index (Phi) is 9.52. The van der Waals surface area contributed by atoms with Crippen molar-refractivity contribution in [3.8, 4) is 11.5 Å². The van der Waals surface area contributed by atoms with E-state index in [9.17, 15) is 0 Å². The van der Waals surface area contributed by atoms with Gasteiger partial charge in [-0.25, -0.2) is 0 Å². The Morgan fingerprint density at radius 3 is 2.45 bits per heavy atom. The fourth-order valence-corrected chi connectivity index (χ4v) is 2.09.